The lowest BCUT2D eigenvalue weighted by Gasteiger charge is -2.08. The molecule has 124 valence electrons. The van der Waals surface area contributed by atoms with Gasteiger partial charge >= 0.3 is 11.8 Å². The summed E-state index contributed by atoms with van der Waals surface area (Å²) in [5, 5.41) is 15.9. The summed E-state index contributed by atoms with van der Waals surface area (Å²) >= 11 is 3.27. The Hall–Kier alpha value is -2.67. The molecule has 0 heterocycles. The van der Waals surface area contributed by atoms with Crippen LogP contribution in [0.1, 0.15) is 16.7 Å². The average molecular weight is 390 g/mol. The first kappa shape index (κ1) is 17.7. The second-order valence-electron chi connectivity index (χ2n) is 5.17. The van der Waals surface area contributed by atoms with E-state index in [0.29, 0.717) is 11.3 Å². The van der Waals surface area contributed by atoms with Crippen LogP contribution in [0.3, 0.4) is 0 Å². The maximum Gasteiger partial charge on any atom is 0.329 e. The van der Waals surface area contributed by atoms with E-state index in [1.165, 1.54) is 12.3 Å². The topological polar surface area (TPSA) is 90.8 Å². The van der Waals surface area contributed by atoms with Crippen molar-refractivity contribution in [1.82, 2.24) is 5.43 Å². The highest BCUT2D eigenvalue weighted by Crippen LogP contribution is 2.20. The second-order valence-corrected chi connectivity index (χ2v) is 6.09. The largest absolute Gasteiger partial charge is 0.507 e. The molecule has 3 N–H and O–H groups in total. The van der Waals surface area contributed by atoms with Crippen molar-refractivity contribution in [3.05, 3.63) is 57.6 Å². The van der Waals surface area contributed by atoms with Crippen LogP contribution in [0.2, 0.25) is 0 Å². The summed E-state index contributed by atoms with van der Waals surface area (Å²) in [6.07, 6.45) is 1.25. The van der Waals surface area contributed by atoms with Crippen molar-refractivity contribution in [2.75, 3.05) is 5.32 Å². The van der Waals surface area contributed by atoms with Crippen molar-refractivity contribution in [3.63, 3.8) is 0 Å². The fourth-order valence-corrected chi connectivity index (χ4v) is 2.27. The zero-order valence-corrected chi connectivity index (χ0v) is 14.7. The van der Waals surface area contributed by atoms with Gasteiger partial charge in [0.1, 0.15) is 5.75 Å². The number of nitrogens with one attached hydrogen (secondary N) is 2. The van der Waals surface area contributed by atoms with E-state index < -0.39 is 11.8 Å². The first-order chi connectivity index (χ1) is 11.4. The molecule has 0 saturated carbocycles. The molecule has 2 rings (SSSR count). The van der Waals surface area contributed by atoms with Crippen LogP contribution in [-0.2, 0) is 9.59 Å². The number of halogens is 1. The number of amides is 2. The van der Waals surface area contributed by atoms with Crippen molar-refractivity contribution in [3.8, 4) is 5.75 Å². The van der Waals surface area contributed by atoms with Gasteiger partial charge in [-0.05, 0) is 49.2 Å². The SMILES string of the molecule is Cc1ccc(C)c(NC(=O)C(=O)N/N=C/c2cc(Br)ccc2O)c1. The second kappa shape index (κ2) is 7.74. The summed E-state index contributed by atoms with van der Waals surface area (Å²) in [5.74, 6) is -1.71. The number of phenolic OH excluding ortho intramolecular Hbond substituents is 1. The molecular weight excluding hydrogens is 374 g/mol. The van der Waals surface area contributed by atoms with E-state index in [1.54, 1.807) is 18.2 Å². The molecule has 0 aromatic heterocycles. The number of hydrazone groups is 1. The Kier molecular flexibility index (Phi) is 5.70. The third-order valence-corrected chi connectivity index (χ3v) is 3.70. The van der Waals surface area contributed by atoms with Crippen LogP contribution in [0, 0.1) is 13.8 Å². The number of rotatable bonds is 3. The van der Waals surface area contributed by atoms with Gasteiger partial charge in [-0.3, -0.25) is 9.59 Å². The summed E-state index contributed by atoms with van der Waals surface area (Å²) in [6, 6.07) is 10.3. The van der Waals surface area contributed by atoms with Crippen LogP contribution in [0.15, 0.2) is 46.0 Å². The summed E-state index contributed by atoms with van der Waals surface area (Å²) in [5.41, 5.74) is 4.92. The molecule has 0 spiro atoms. The van der Waals surface area contributed by atoms with Crippen LogP contribution >= 0.6 is 15.9 Å². The monoisotopic (exact) mass is 389 g/mol. The number of carbonyl (C=O) groups is 2. The van der Waals surface area contributed by atoms with Crippen LogP contribution in [0.4, 0.5) is 5.69 Å². The molecular formula is C17H16BrN3O3. The third-order valence-electron chi connectivity index (χ3n) is 3.21. The van der Waals surface area contributed by atoms with E-state index in [9.17, 15) is 14.7 Å². The van der Waals surface area contributed by atoms with Gasteiger partial charge in [-0.15, -0.1) is 0 Å². The van der Waals surface area contributed by atoms with E-state index in [0.717, 1.165) is 15.6 Å². The summed E-state index contributed by atoms with van der Waals surface area (Å²) in [7, 11) is 0. The van der Waals surface area contributed by atoms with Crippen molar-refractivity contribution in [2.24, 2.45) is 5.10 Å². The van der Waals surface area contributed by atoms with Gasteiger partial charge in [0.2, 0.25) is 0 Å². The standard InChI is InChI=1S/C17H16BrN3O3/c1-10-3-4-11(2)14(7-10)20-16(23)17(24)21-19-9-12-8-13(18)5-6-15(12)22/h3-9,22H,1-2H3,(H,20,23)(H,21,24)/b19-9+. The van der Waals surface area contributed by atoms with E-state index >= 15 is 0 Å². The molecule has 24 heavy (non-hydrogen) atoms. The minimum atomic E-state index is -0.901. The normalized spacial score (nSPS) is 10.6. The highest BCUT2D eigenvalue weighted by atomic mass is 79.9. The number of anilines is 1. The van der Waals surface area contributed by atoms with Gasteiger partial charge < -0.3 is 10.4 Å². The van der Waals surface area contributed by atoms with E-state index in [2.05, 4.69) is 31.8 Å². The highest BCUT2D eigenvalue weighted by Gasteiger charge is 2.14. The average Bonchev–Trinajstić information content (AvgIpc) is 2.54. The maximum atomic E-state index is 11.9. The Balaban J connectivity index is 1.99. The van der Waals surface area contributed by atoms with Gasteiger partial charge in [0, 0.05) is 15.7 Å². The quantitative estimate of drug-likeness (QED) is 0.428. The number of aromatic hydroxyl groups is 1. The number of carbonyl (C=O) groups excluding carboxylic acids is 2. The summed E-state index contributed by atoms with van der Waals surface area (Å²) in [4.78, 5) is 23.7. The first-order valence-corrected chi connectivity index (χ1v) is 7.86. The number of hydrogen-bond donors (Lipinski definition) is 3. The maximum absolute atomic E-state index is 11.9. The van der Waals surface area contributed by atoms with Crippen molar-refractivity contribution in [2.45, 2.75) is 13.8 Å². The van der Waals surface area contributed by atoms with Crippen molar-refractivity contribution < 1.29 is 14.7 Å². The number of hydrogen-bond acceptors (Lipinski definition) is 4. The molecule has 0 aliphatic heterocycles. The molecule has 0 aliphatic carbocycles. The predicted molar refractivity (Wildman–Crippen MR) is 96.1 cm³/mol. The van der Waals surface area contributed by atoms with Crippen LogP contribution in [0.25, 0.3) is 0 Å². The highest BCUT2D eigenvalue weighted by molar-refractivity contribution is 9.10. The van der Waals surface area contributed by atoms with Gasteiger partial charge in [0.15, 0.2) is 0 Å². The minimum Gasteiger partial charge on any atom is -0.507 e. The summed E-state index contributed by atoms with van der Waals surface area (Å²) < 4.78 is 0.751. The van der Waals surface area contributed by atoms with Crippen LogP contribution < -0.4 is 10.7 Å². The number of aryl methyl sites for hydroxylation is 2. The fourth-order valence-electron chi connectivity index (χ4n) is 1.89. The van der Waals surface area contributed by atoms with Crippen LogP contribution in [-0.4, -0.2) is 23.1 Å². The van der Waals surface area contributed by atoms with Crippen molar-refractivity contribution >= 4 is 39.6 Å². The molecule has 7 heteroatoms. The lowest BCUT2D eigenvalue weighted by atomic mass is 10.1. The Morgan fingerprint density at radius 3 is 2.62 bits per heavy atom. The zero-order valence-electron chi connectivity index (χ0n) is 13.1. The number of benzene rings is 2. The molecule has 0 radical (unpaired) electrons. The van der Waals surface area contributed by atoms with Gasteiger partial charge in [-0.2, -0.15) is 5.10 Å². The lowest BCUT2D eigenvalue weighted by molar-refractivity contribution is -0.136. The molecule has 0 aliphatic rings. The molecule has 2 amide bonds. The van der Waals surface area contributed by atoms with Gasteiger partial charge in [0.25, 0.3) is 0 Å². The van der Waals surface area contributed by atoms with E-state index in [1.807, 2.05) is 26.0 Å². The fraction of sp³-hybridized carbons (Fsp3) is 0.118. The minimum absolute atomic E-state index is 0.0102. The van der Waals surface area contributed by atoms with Crippen LogP contribution in [0.5, 0.6) is 5.75 Å². The molecule has 2 aromatic rings. The number of phenols is 1. The first-order valence-electron chi connectivity index (χ1n) is 7.07. The summed E-state index contributed by atoms with van der Waals surface area (Å²) in [6.45, 7) is 3.73. The van der Waals surface area contributed by atoms with E-state index in [4.69, 9.17) is 0 Å². The molecule has 0 atom stereocenters. The van der Waals surface area contributed by atoms with Gasteiger partial charge in [-0.25, -0.2) is 5.43 Å². The molecule has 2 aromatic carbocycles. The Morgan fingerprint density at radius 2 is 1.88 bits per heavy atom. The predicted octanol–water partition coefficient (Wildman–Crippen LogP) is 2.86. The molecule has 0 fully saturated rings. The zero-order chi connectivity index (χ0) is 17.7. The number of nitrogens with zero attached hydrogens (tertiary/aromatic N) is 1. The van der Waals surface area contributed by atoms with E-state index in [-0.39, 0.29) is 5.75 Å². The molecule has 0 unspecified atom stereocenters. The van der Waals surface area contributed by atoms with Crippen molar-refractivity contribution in [1.29, 1.82) is 0 Å². The lowest BCUT2D eigenvalue weighted by Crippen LogP contribution is -2.32. The Labute approximate surface area is 147 Å². The smallest absolute Gasteiger partial charge is 0.329 e. The Morgan fingerprint density at radius 1 is 1.12 bits per heavy atom. The molecule has 0 saturated heterocycles. The van der Waals surface area contributed by atoms with Gasteiger partial charge in [-0.1, -0.05) is 28.1 Å². The Bertz CT molecular complexity index is 819. The molecule has 6 nitrogen and oxygen atoms in total. The van der Waals surface area contributed by atoms with Gasteiger partial charge in [0.05, 0.1) is 6.21 Å². The third kappa shape index (κ3) is 4.66. The molecule has 0 bridgehead atoms.